The van der Waals surface area contributed by atoms with Crippen molar-refractivity contribution in [1.29, 1.82) is 0 Å². The predicted octanol–water partition coefficient (Wildman–Crippen LogP) is 3.33. The summed E-state index contributed by atoms with van der Waals surface area (Å²) in [4.78, 5) is 11.1. The molecule has 1 rings (SSSR count). The molecule has 0 aliphatic heterocycles. The summed E-state index contributed by atoms with van der Waals surface area (Å²) in [7, 11) is 0. The van der Waals surface area contributed by atoms with Gasteiger partial charge < -0.3 is 4.74 Å². The SMILES string of the molecule is CCOC(=O)Nc1ccc(Br)cc1C. The summed E-state index contributed by atoms with van der Waals surface area (Å²) in [6.07, 6.45) is -0.419. The van der Waals surface area contributed by atoms with E-state index in [1.54, 1.807) is 6.92 Å². The van der Waals surface area contributed by atoms with E-state index in [1.165, 1.54) is 0 Å². The van der Waals surface area contributed by atoms with Crippen molar-refractivity contribution in [3.8, 4) is 0 Å². The summed E-state index contributed by atoms with van der Waals surface area (Å²) < 4.78 is 5.76. The van der Waals surface area contributed by atoms with Crippen LogP contribution in [0.2, 0.25) is 0 Å². The Balaban J connectivity index is 2.72. The van der Waals surface area contributed by atoms with Crippen LogP contribution in [0.25, 0.3) is 0 Å². The van der Waals surface area contributed by atoms with Gasteiger partial charge in [-0.25, -0.2) is 4.79 Å². The predicted molar refractivity (Wildman–Crippen MR) is 59.5 cm³/mol. The van der Waals surface area contributed by atoms with Crippen LogP contribution in [0.15, 0.2) is 22.7 Å². The van der Waals surface area contributed by atoms with Gasteiger partial charge in [0.25, 0.3) is 0 Å². The normalized spacial score (nSPS) is 9.64. The van der Waals surface area contributed by atoms with Crippen LogP contribution in [0.3, 0.4) is 0 Å². The molecule has 0 atom stereocenters. The summed E-state index contributed by atoms with van der Waals surface area (Å²) in [6, 6.07) is 5.63. The number of anilines is 1. The first-order valence-corrected chi connectivity index (χ1v) is 5.12. The summed E-state index contributed by atoms with van der Waals surface area (Å²) in [5.41, 5.74) is 1.76. The Morgan fingerprint density at radius 1 is 1.57 bits per heavy atom. The second kappa shape index (κ2) is 5.00. The molecule has 0 radical (unpaired) electrons. The minimum atomic E-state index is -0.419. The van der Waals surface area contributed by atoms with E-state index in [4.69, 9.17) is 4.74 Å². The zero-order valence-electron chi connectivity index (χ0n) is 8.13. The third-order valence-electron chi connectivity index (χ3n) is 1.70. The molecule has 0 fully saturated rings. The number of hydrogen-bond donors (Lipinski definition) is 1. The van der Waals surface area contributed by atoms with Gasteiger partial charge in [0.1, 0.15) is 0 Å². The molecule has 1 aromatic carbocycles. The first kappa shape index (κ1) is 11.0. The molecule has 0 aliphatic rings. The molecular formula is C10H12BrNO2. The summed E-state index contributed by atoms with van der Waals surface area (Å²) in [5, 5.41) is 2.66. The van der Waals surface area contributed by atoms with E-state index < -0.39 is 6.09 Å². The maximum atomic E-state index is 11.1. The molecular weight excluding hydrogens is 246 g/mol. The van der Waals surface area contributed by atoms with Crippen molar-refractivity contribution in [3.05, 3.63) is 28.2 Å². The van der Waals surface area contributed by atoms with Crippen molar-refractivity contribution in [2.45, 2.75) is 13.8 Å². The second-order valence-electron chi connectivity index (χ2n) is 2.80. The zero-order chi connectivity index (χ0) is 10.6. The second-order valence-corrected chi connectivity index (χ2v) is 3.72. The van der Waals surface area contributed by atoms with Gasteiger partial charge >= 0.3 is 6.09 Å². The van der Waals surface area contributed by atoms with E-state index in [9.17, 15) is 4.79 Å². The van der Waals surface area contributed by atoms with Gasteiger partial charge in [0, 0.05) is 10.2 Å². The molecule has 4 heteroatoms. The molecule has 0 unspecified atom stereocenters. The van der Waals surface area contributed by atoms with E-state index in [0.717, 1.165) is 15.7 Å². The lowest BCUT2D eigenvalue weighted by Crippen LogP contribution is -2.13. The average Bonchev–Trinajstić information content (AvgIpc) is 2.10. The molecule has 0 heterocycles. The summed E-state index contributed by atoms with van der Waals surface area (Å²) in [6.45, 7) is 4.07. The highest BCUT2D eigenvalue weighted by atomic mass is 79.9. The number of aryl methyl sites for hydroxylation is 1. The first-order valence-electron chi connectivity index (χ1n) is 4.33. The molecule has 0 aromatic heterocycles. The van der Waals surface area contributed by atoms with E-state index in [2.05, 4.69) is 21.2 Å². The van der Waals surface area contributed by atoms with Gasteiger partial charge in [0.2, 0.25) is 0 Å². The van der Waals surface area contributed by atoms with Crippen molar-refractivity contribution >= 4 is 27.7 Å². The fourth-order valence-electron chi connectivity index (χ4n) is 1.04. The number of nitrogens with one attached hydrogen (secondary N) is 1. The zero-order valence-corrected chi connectivity index (χ0v) is 9.72. The lowest BCUT2D eigenvalue weighted by Gasteiger charge is -2.08. The molecule has 1 aromatic rings. The van der Waals surface area contributed by atoms with Crippen LogP contribution in [-0.2, 0) is 4.74 Å². The Morgan fingerprint density at radius 3 is 2.86 bits per heavy atom. The van der Waals surface area contributed by atoms with Crippen LogP contribution >= 0.6 is 15.9 Å². The fraction of sp³-hybridized carbons (Fsp3) is 0.300. The molecule has 1 amide bonds. The van der Waals surface area contributed by atoms with Gasteiger partial charge in [-0.1, -0.05) is 15.9 Å². The fourth-order valence-corrected chi connectivity index (χ4v) is 1.52. The number of amides is 1. The van der Waals surface area contributed by atoms with Crippen molar-refractivity contribution in [2.24, 2.45) is 0 Å². The van der Waals surface area contributed by atoms with Crippen LogP contribution in [0.5, 0.6) is 0 Å². The van der Waals surface area contributed by atoms with Crippen LogP contribution in [0, 0.1) is 6.92 Å². The van der Waals surface area contributed by atoms with Gasteiger partial charge in [-0.2, -0.15) is 0 Å². The number of benzene rings is 1. The number of carbonyl (C=O) groups excluding carboxylic acids is 1. The number of carbonyl (C=O) groups is 1. The van der Waals surface area contributed by atoms with Crippen LogP contribution < -0.4 is 5.32 Å². The third kappa shape index (κ3) is 3.03. The summed E-state index contributed by atoms with van der Waals surface area (Å²) >= 11 is 3.35. The first-order chi connectivity index (χ1) is 6.63. The number of ether oxygens (including phenoxy) is 1. The molecule has 0 spiro atoms. The van der Waals surface area contributed by atoms with Crippen molar-refractivity contribution in [1.82, 2.24) is 0 Å². The van der Waals surface area contributed by atoms with Gasteiger partial charge in [0.15, 0.2) is 0 Å². The maximum absolute atomic E-state index is 11.1. The Bertz CT molecular complexity index is 339. The van der Waals surface area contributed by atoms with Crippen molar-refractivity contribution < 1.29 is 9.53 Å². The molecule has 0 bridgehead atoms. The highest BCUT2D eigenvalue weighted by Crippen LogP contribution is 2.19. The van der Waals surface area contributed by atoms with Crippen LogP contribution in [0.1, 0.15) is 12.5 Å². The Labute approximate surface area is 91.6 Å². The Morgan fingerprint density at radius 2 is 2.29 bits per heavy atom. The average molecular weight is 258 g/mol. The molecule has 14 heavy (non-hydrogen) atoms. The number of rotatable bonds is 2. The molecule has 76 valence electrons. The molecule has 3 nitrogen and oxygen atoms in total. The highest BCUT2D eigenvalue weighted by Gasteiger charge is 2.04. The number of halogens is 1. The molecule has 0 aliphatic carbocycles. The van der Waals surface area contributed by atoms with Gasteiger partial charge in [-0.3, -0.25) is 5.32 Å². The highest BCUT2D eigenvalue weighted by molar-refractivity contribution is 9.10. The maximum Gasteiger partial charge on any atom is 0.411 e. The van der Waals surface area contributed by atoms with E-state index >= 15 is 0 Å². The van der Waals surface area contributed by atoms with E-state index in [0.29, 0.717) is 6.61 Å². The van der Waals surface area contributed by atoms with Gasteiger partial charge in [-0.15, -0.1) is 0 Å². The van der Waals surface area contributed by atoms with E-state index in [1.807, 2.05) is 25.1 Å². The lowest BCUT2D eigenvalue weighted by molar-refractivity contribution is 0.168. The minimum absolute atomic E-state index is 0.376. The quantitative estimate of drug-likeness (QED) is 0.883. The van der Waals surface area contributed by atoms with Crippen molar-refractivity contribution in [2.75, 3.05) is 11.9 Å². The topological polar surface area (TPSA) is 38.3 Å². The van der Waals surface area contributed by atoms with Crippen LogP contribution in [-0.4, -0.2) is 12.7 Å². The Hall–Kier alpha value is -1.03. The minimum Gasteiger partial charge on any atom is -0.450 e. The monoisotopic (exact) mass is 257 g/mol. The molecule has 0 saturated heterocycles. The largest absolute Gasteiger partial charge is 0.450 e. The van der Waals surface area contributed by atoms with Crippen LogP contribution in [0.4, 0.5) is 10.5 Å². The number of hydrogen-bond acceptors (Lipinski definition) is 2. The smallest absolute Gasteiger partial charge is 0.411 e. The molecule has 0 saturated carbocycles. The third-order valence-corrected chi connectivity index (χ3v) is 2.19. The lowest BCUT2D eigenvalue weighted by atomic mass is 10.2. The molecule has 1 N–H and O–H groups in total. The summed E-state index contributed by atoms with van der Waals surface area (Å²) in [5.74, 6) is 0. The Kier molecular flexibility index (Phi) is 3.95. The van der Waals surface area contributed by atoms with Gasteiger partial charge in [-0.05, 0) is 37.6 Å². The van der Waals surface area contributed by atoms with Crippen molar-refractivity contribution in [3.63, 3.8) is 0 Å². The standard InChI is InChI=1S/C10H12BrNO2/c1-3-14-10(13)12-9-5-4-8(11)6-7(9)2/h4-6H,3H2,1-2H3,(H,12,13). The van der Waals surface area contributed by atoms with E-state index in [-0.39, 0.29) is 0 Å². The van der Waals surface area contributed by atoms with Gasteiger partial charge in [0.05, 0.1) is 6.61 Å².